The first-order valence-electron chi connectivity index (χ1n) is 5.50. The maximum Gasteiger partial charge on any atom is 0.358 e. The number of rotatable bonds is 5. The molecule has 0 aliphatic heterocycles. The average Bonchev–Trinajstić information content (AvgIpc) is 2.31. The zero-order valence-electron chi connectivity index (χ0n) is 10.5. The van der Waals surface area contributed by atoms with Gasteiger partial charge in [-0.3, -0.25) is 0 Å². The van der Waals surface area contributed by atoms with Gasteiger partial charge in [0.2, 0.25) is 0 Å². The molecule has 1 unspecified atom stereocenters. The summed E-state index contributed by atoms with van der Waals surface area (Å²) >= 11 is 0. The fourth-order valence-electron chi connectivity index (χ4n) is 1.29. The zero-order chi connectivity index (χ0) is 13.7. The molecule has 0 aliphatic carbocycles. The second kappa shape index (κ2) is 6.00. The maximum atomic E-state index is 11.4. The molecule has 0 saturated heterocycles. The van der Waals surface area contributed by atoms with Crippen LogP contribution in [-0.4, -0.2) is 34.7 Å². The summed E-state index contributed by atoms with van der Waals surface area (Å²) in [5, 5.41) is 8.99. The number of carbonyl (C=O) groups excluding carboxylic acids is 1. The normalized spacial score (nSPS) is 11.7. The molecule has 0 amide bonds. The van der Waals surface area contributed by atoms with E-state index in [-0.39, 0.29) is 18.1 Å². The Hall–Kier alpha value is -2.11. The van der Waals surface area contributed by atoms with Crippen molar-refractivity contribution in [2.24, 2.45) is 0 Å². The molecule has 6 heteroatoms. The number of hydrogen-bond acceptors (Lipinski definition) is 5. The van der Waals surface area contributed by atoms with Gasteiger partial charge in [0.1, 0.15) is 0 Å². The molecule has 0 aromatic carbocycles. The molecule has 1 rings (SSSR count). The number of aromatic carboxylic acids is 1. The fraction of sp³-hybridized carbons (Fsp3) is 0.417. The van der Waals surface area contributed by atoms with Gasteiger partial charge >= 0.3 is 11.9 Å². The molecule has 1 aromatic rings. The SMILES string of the molecule is CCOC(=O)C(C)Oc1ccc(C)nc1C(=O)O. The van der Waals surface area contributed by atoms with E-state index in [0.717, 1.165) is 0 Å². The van der Waals surface area contributed by atoms with Crippen LogP contribution in [0, 0.1) is 6.92 Å². The Bertz CT molecular complexity index is 458. The van der Waals surface area contributed by atoms with E-state index in [0.29, 0.717) is 5.69 Å². The van der Waals surface area contributed by atoms with Crippen molar-refractivity contribution in [2.75, 3.05) is 6.61 Å². The molecule has 98 valence electrons. The second-order valence-electron chi connectivity index (χ2n) is 3.62. The van der Waals surface area contributed by atoms with Crippen molar-refractivity contribution in [3.05, 3.63) is 23.5 Å². The van der Waals surface area contributed by atoms with E-state index in [4.69, 9.17) is 14.6 Å². The maximum absolute atomic E-state index is 11.4. The van der Waals surface area contributed by atoms with Crippen LogP contribution in [0.3, 0.4) is 0 Å². The Kier molecular flexibility index (Phi) is 4.65. The number of carbonyl (C=O) groups is 2. The molecular formula is C12H15NO5. The minimum Gasteiger partial charge on any atom is -0.476 e. The molecule has 0 bridgehead atoms. The van der Waals surface area contributed by atoms with E-state index in [1.807, 2.05) is 0 Å². The number of ether oxygens (including phenoxy) is 2. The van der Waals surface area contributed by atoms with Crippen LogP contribution in [0.1, 0.15) is 30.0 Å². The van der Waals surface area contributed by atoms with Crippen molar-refractivity contribution >= 4 is 11.9 Å². The van der Waals surface area contributed by atoms with Crippen LogP contribution >= 0.6 is 0 Å². The van der Waals surface area contributed by atoms with E-state index in [2.05, 4.69) is 4.98 Å². The number of aryl methyl sites for hydroxylation is 1. The number of pyridine rings is 1. The van der Waals surface area contributed by atoms with Crippen molar-refractivity contribution < 1.29 is 24.2 Å². The third kappa shape index (κ3) is 3.44. The van der Waals surface area contributed by atoms with Crippen molar-refractivity contribution in [3.63, 3.8) is 0 Å². The molecule has 1 N–H and O–H groups in total. The molecular weight excluding hydrogens is 238 g/mol. The highest BCUT2D eigenvalue weighted by molar-refractivity contribution is 5.88. The van der Waals surface area contributed by atoms with E-state index in [9.17, 15) is 9.59 Å². The van der Waals surface area contributed by atoms with Crippen molar-refractivity contribution in [3.8, 4) is 5.75 Å². The number of nitrogens with zero attached hydrogens (tertiary/aromatic N) is 1. The molecule has 0 aliphatic rings. The Morgan fingerprint density at radius 1 is 1.44 bits per heavy atom. The predicted octanol–water partition coefficient (Wildman–Crippen LogP) is 1.42. The van der Waals surface area contributed by atoms with Gasteiger partial charge in [0.25, 0.3) is 0 Å². The van der Waals surface area contributed by atoms with Gasteiger partial charge in [-0.05, 0) is 32.9 Å². The first-order chi connectivity index (χ1) is 8.45. The number of aromatic nitrogens is 1. The van der Waals surface area contributed by atoms with Crippen LogP contribution in [0.25, 0.3) is 0 Å². The molecule has 0 fully saturated rings. The van der Waals surface area contributed by atoms with Crippen molar-refractivity contribution in [1.82, 2.24) is 4.98 Å². The molecule has 0 spiro atoms. The minimum atomic E-state index is -1.20. The summed E-state index contributed by atoms with van der Waals surface area (Å²) in [5.41, 5.74) is 0.342. The molecule has 1 aromatic heterocycles. The summed E-state index contributed by atoms with van der Waals surface area (Å²) in [7, 11) is 0. The van der Waals surface area contributed by atoms with Crippen molar-refractivity contribution in [2.45, 2.75) is 26.9 Å². The quantitative estimate of drug-likeness (QED) is 0.799. The molecule has 0 radical (unpaired) electrons. The first-order valence-corrected chi connectivity index (χ1v) is 5.50. The first kappa shape index (κ1) is 14.0. The zero-order valence-corrected chi connectivity index (χ0v) is 10.5. The van der Waals surface area contributed by atoms with E-state index >= 15 is 0 Å². The van der Waals surface area contributed by atoms with E-state index < -0.39 is 18.0 Å². The third-order valence-corrected chi connectivity index (χ3v) is 2.12. The Balaban J connectivity index is 2.90. The lowest BCUT2D eigenvalue weighted by Gasteiger charge is -2.14. The van der Waals surface area contributed by atoms with Gasteiger partial charge in [0.05, 0.1) is 6.61 Å². The summed E-state index contributed by atoms with van der Waals surface area (Å²) in [6, 6.07) is 3.08. The molecule has 18 heavy (non-hydrogen) atoms. The largest absolute Gasteiger partial charge is 0.476 e. The van der Waals surface area contributed by atoms with Gasteiger partial charge in [0, 0.05) is 5.69 Å². The monoisotopic (exact) mass is 253 g/mol. The predicted molar refractivity (Wildman–Crippen MR) is 62.7 cm³/mol. The van der Waals surface area contributed by atoms with Crippen LogP contribution in [0.5, 0.6) is 5.75 Å². The van der Waals surface area contributed by atoms with E-state index in [1.165, 1.54) is 13.0 Å². The Labute approximate surface area is 105 Å². The Morgan fingerprint density at radius 2 is 2.11 bits per heavy atom. The molecule has 0 saturated carbocycles. The highest BCUT2D eigenvalue weighted by Crippen LogP contribution is 2.18. The summed E-state index contributed by atoms with van der Waals surface area (Å²) in [4.78, 5) is 26.2. The van der Waals surface area contributed by atoms with Gasteiger partial charge in [-0.1, -0.05) is 0 Å². The molecule has 6 nitrogen and oxygen atoms in total. The molecule has 1 atom stereocenters. The lowest BCUT2D eigenvalue weighted by Crippen LogP contribution is -2.27. The second-order valence-corrected chi connectivity index (χ2v) is 3.62. The van der Waals surface area contributed by atoms with Gasteiger partial charge in [-0.15, -0.1) is 0 Å². The minimum absolute atomic E-state index is 0.0497. The van der Waals surface area contributed by atoms with Crippen LogP contribution in [0.2, 0.25) is 0 Å². The average molecular weight is 253 g/mol. The van der Waals surface area contributed by atoms with Gasteiger partial charge in [-0.2, -0.15) is 0 Å². The highest BCUT2D eigenvalue weighted by Gasteiger charge is 2.20. The number of carboxylic acid groups (broad SMARTS) is 1. The number of hydrogen-bond donors (Lipinski definition) is 1. The van der Waals surface area contributed by atoms with Crippen LogP contribution in [0.4, 0.5) is 0 Å². The van der Waals surface area contributed by atoms with Crippen LogP contribution in [-0.2, 0) is 9.53 Å². The lowest BCUT2D eigenvalue weighted by molar-refractivity contribution is -0.150. The summed E-state index contributed by atoms with van der Waals surface area (Å²) < 4.78 is 10.0. The fourth-order valence-corrected chi connectivity index (χ4v) is 1.29. The summed E-state index contributed by atoms with van der Waals surface area (Å²) in [6.45, 7) is 5.08. The topological polar surface area (TPSA) is 85.7 Å². The smallest absolute Gasteiger partial charge is 0.358 e. The van der Waals surface area contributed by atoms with E-state index in [1.54, 1.807) is 19.9 Å². The standard InChI is InChI=1S/C12H15NO5/c1-4-17-12(16)8(3)18-9-6-5-7(2)13-10(9)11(14)15/h5-6,8H,4H2,1-3H3,(H,14,15). The summed E-state index contributed by atoms with van der Waals surface area (Å²) in [6.07, 6.45) is -0.882. The molecule has 1 heterocycles. The van der Waals surface area contributed by atoms with Gasteiger partial charge in [-0.25, -0.2) is 14.6 Å². The lowest BCUT2D eigenvalue weighted by atomic mass is 10.3. The van der Waals surface area contributed by atoms with Crippen LogP contribution < -0.4 is 4.74 Å². The third-order valence-electron chi connectivity index (χ3n) is 2.12. The van der Waals surface area contributed by atoms with Gasteiger partial charge in [0.15, 0.2) is 17.5 Å². The van der Waals surface area contributed by atoms with Gasteiger partial charge < -0.3 is 14.6 Å². The number of esters is 1. The Morgan fingerprint density at radius 3 is 2.67 bits per heavy atom. The summed E-state index contributed by atoms with van der Waals surface area (Å²) in [5.74, 6) is -1.70. The van der Waals surface area contributed by atoms with Crippen molar-refractivity contribution in [1.29, 1.82) is 0 Å². The number of carboxylic acids is 1. The van der Waals surface area contributed by atoms with Crippen LogP contribution in [0.15, 0.2) is 12.1 Å². The highest BCUT2D eigenvalue weighted by atomic mass is 16.6.